The van der Waals surface area contributed by atoms with Crippen LogP contribution >= 0.6 is 23.2 Å². The number of rotatable bonds is 5. The van der Waals surface area contributed by atoms with E-state index < -0.39 is 0 Å². The number of ether oxygens (including phenoxy) is 1. The summed E-state index contributed by atoms with van der Waals surface area (Å²) in [6.45, 7) is 0.531. The first-order valence-electron chi connectivity index (χ1n) is 8.20. The molecular weight excluding hydrogens is 387 g/mol. The number of nitrogens with zero attached hydrogens (tertiary/aromatic N) is 4. The van der Waals surface area contributed by atoms with E-state index in [0.717, 1.165) is 5.69 Å². The molecule has 2 heterocycles. The molecule has 0 spiro atoms. The Morgan fingerprint density at radius 3 is 2.48 bits per heavy atom. The van der Waals surface area contributed by atoms with E-state index in [1.165, 1.54) is 17.1 Å². The van der Waals surface area contributed by atoms with Crippen molar-refractivity contribution in [1.29, 1.82) is 0 Å². The minimum absolute atomic E-state index is 0.184. The monoisotopic (exact) mass is 400 g/mol. The maximum Gasteiger partial charge on any atom is 0.264 e. The molecule has 4 aromatic rings. The molecule has 0 fully saturated rings. The first kappa shape index (κ1) is 17.6. The van der Waals surface area contributed by atoms with Gasteiger partial charge in [-0.3, -0.25) is 9.36 Å². The third kappa shape index (κ3) is 3.41. The van der Waals surface area contributed by atoms with Gasteiger partial charge in [-0.2, -0.15) is 5.10 Å². The van der Waals surface area contributed by atoms with E-state index >= 15 is 0 Å². The second-order valence-electron chi connectivity index (χ2n) is 5.77. The standard InChI is InChI=1S/C19H14Cl2N4O2/c20-15-7-4-8-16(21)17(15)27-10-9-24-12-22-18-14(19(24)26)11-23-25(18)13-5-2-1-3-6-13/h1-8,11-12H,9-10H2. The van der Waals surface area contributed by atoms with Gasteiger partial charge in [0.1, 0.15) is 18.3 Å². The third-order valence-electron chi connectivity index (χ3n) is 4.05. The quantitative estimate of drug-likeness (QED) is 0.508. The summed E-state index contributed by atoms with van der Waals surface area (Å²) in [5, 5.41) is 5.58. The van der Waals surface area contributed by atoms with Crippen molar-refractivity contribution in [3.8, 4) is 11.4 Å². The second kappa shape index (κ2) is 7.42. The number of para-hydroxylation sites is 2. The van der Waals surface area contributed by atoms with E-state index in [4.69, 9.17) is 27.9 Å². The minimum atomic E-state index is -0.184. The molecule has 0 unspecified atom stereocenters. The van der Waals surface area contributed by atoms with E-state index in [9.17, 15) is 4.79 Å². The molecule has 6 nitrogen and oxygen atoms in total. The Bertz CT molecular complexity index is 1140. The van der Waals surface area contributed by atoms with Crippen LogP contribution in [0.25, 0.3) is 16.7 Å². The minimum Gasteiger partial charge on any atom is -0.489 e. The number of halogens is 2. The largest absolute Gasteiger partial charge is 0.489 e. The lowest BCUT2D eigenvalue weighted by molar-refractivity contribution is 0.296. The molecule has 27 heavy (non-hydrogen) atoms. The SMILES string of the molecule is O=c1c2cnn(-c3ccccc3)c2ncn1CCOc1c(Cl)cccc1Cl. The molecule has 8 heteroatoms. The van der Waals surface area contributed by atoms with Crippen LogP contribution < -0.4 is 10.3 Å². The van der Waals surface area contributed by atoms with Gasteiger partial charge in [-0.1, -0.05) is 47.5 Å². The third-order valence-corrected chi connectivity index (χ3v) is 4.65. The Kier molecular flexibility index (Phi) is 4.83. The van der Waals surface area contributed by atoms with Gasteiger partial charge in [0.15, 0.2) is 11.4 Å². The highest BCUT2D eigenvalue weighted by Gasteiger charge is 2.12. The summed E-state index contributed by atoms with van der Waals surface area (Å²) in [6.07, 6.45) is 3.02. The zero-order valence-electron chi connectivity index (χ0n) is 14.0. The van der Waals surface area contributed by atoms with Crippen molar-refractivity contribution in [3.05, 3.63) is 81.5 Å². The molecule has 4 rings (SSSR count). The van der Waals surface area contributed by atoms with E-state index in [-0.39, 0.29) is 12.2 Å². The van der Waals surface area contributed by atoms with Crippen LogP contribution in [-0.2, 0) is 6.54 Å². The zero-order chi connectivity index (χ0) is 18.8. The average Bonchev–Trinajstić information content (AvgIpc) is 3.11. The van der Waals surface area contributed by atoms with Crippen LogP contribution in [0.4, 0.5) is 0 Å². The predicted octanol–water partition coefficient (Wildman–Crippen LogP) is 3.97. The van der Waals surface area contributed by atoms with Crippen molar-refractivity contribution < 1.29 is 4.74 Å². The Hall–Kier alpha value is -2.83. The van der Waals surface area contributed by atoms with Gasteiger partial charge in [0.25, 0.3) is 5.56 Å². The molecule has 0 aliphatic heterocycles. The molecule has 0 saturated carbocycles. The van der Waals surface area contributed by atoms with Crippen LogP contribution in [-0.4, -0.2) is 25.9 Å². The van der Waals surface area contributed by atoms with Gasteiger partial charge in [0.05, 0.1) is 28.5 Å². The Balaban J connectivity index is 1.57. The first-order valence-corrected chi connectivity index (χ1v) is 8.96. The van der Waals surface area contributed by atoms with Crippen molar-refractivity contribution >= 4 is 34.2 Å². The van der Waals surface area contributed by atoms with Crippen LogP contribution in [0.15, 0.2) is 65.8 Å². The molecule has 0 aliphatic rings. The van der Waals surface area contributed by atoms with Crippen LogP contribution in [0, 0.1) is 0 Å². The van der Waals surface area contributed by atoms with E-state index in [1.54, 1.807) is 22.9 Å². The second-order valence-corrected chi connectivity index (χ2v) is 6.59. The Labute approximate surface area is 164 Å². The lowest BCUT2D eigenvalue weighted by Gasteiger charge is -2.11. The summed E-state index contributed by atoms with van der Waals surface area (Å²) >= 11 is 12.2. The summed E-state index contributed by atoms with van der Waals surface area (Å²) < 4.78 is 8.76. The van der Waals surface area contributed by atoms with Crippen molar-refractivity contribution in [2.75, 3.05) is 6.61 Å². The highest BCUT2D eigenvalue weighted by Crippen LogP contribution is 2.32. The maximum atomic E-state index is 12.7. The van der Waals surface area contributed by atoms with Crippen LogP contribution in [0.3, 0.4) is 0 Å². The molecule has 0 N–H and O–H groups in total. The molecule has 0 radical (unpaired) electrons. The molecule has 0 atom stereocenters. The summed E-state index contributed by atoms with van der Waals surface area (Å²) in [5.74, 6) is 0.403. The number of aromatic nitrogens is 4. The summed E-state index contributed by atoms with van der Waals surface area (Å²) in [4.78, 5) is 17.1. The van der Waals surface area contributed by atoms with Gasteiger partial charge in [0.2, 0.25) is 0 Å². The predicted molar refractivity (Wildman–Crippen MR) is 105 cm³/mol. The highest BCUT2D eigenvalue weighted by molar-refractivity contribution is 6.37. The van der Waals surface area contributed by atoms with Crippen molar-refractivity contribution in [2.24, 2.45) is 0 Å². The van der Waals surface area contributed by atoms with Gasteiger partial charge >= 0.3 is 0 Å². The molecule has 0 bridgehead atoms. The van der Waals surface area contributed by atoms with Crippen LogP contribution in [0.2, 0.25) is 10.0 Å². The van der Waals surface area contributed by atoms with Gasteiger partial charge in [-0.25, -0.2) is 9.67 Å². The van der Waals surface area contributed by atoms with E-state index in [2.05, 4.69) is 10.1 Å². The zero-order valence-corrected chi connectivity index (χ0v) is 15.6. The van der Waals surface area contributed by atoms with Gasteiger partial charge in [-0.05, 0) is 24.3 Å². The summed E-state index contributed by atoms with van der Waals surface area (Å²) in [6, 6.07) is 14.7. The molecule has 0 amide bonds. The molecule has 2 aromatic carbocycles. The number of fused-ring (bicyclic) bond motifs is 1. The van der Waals surface area contributed by atoms with Gasteiger partial charge in [-0.15, -0.1) is 0 Å². The fourth-order valence-corrected chi connectivity index (χ4v) is 3.24. The van der Waals surface area contributed by atoms with E-state index in [1.807, 2.05) is 30.3 Å². The van der Waals surface area contributed by atoms with Crippen molar-refractivity contribution in [3.63, 3.8) is 0 Å². The normalized spacial score (nSPS) is 11.0. The van der Waals surface area contributed by atoms with Crippen molar-refractivity contribution in [2.45, 2.75) is 6.54 Å². The van der Waals surface area contributed by atoms with Crippen LogP contribution in [0.5, 0.6) is 5.75 Å². The van der Waals surface area contributed by atoms with Crippen LogP contribution in [0.1, 0.15) is 0 Å². The Morgan fingerprint density at radius 1 is 1.00 bits per heavy atom. The topological polar surface area (TPSA) is 61.9 Å². The lowest BCUT2D eigenvalue weighted by atomic mass is 10.3. The fourth-order valence-electron chi connectivity index (χ4n) is 2.73. The fraction of sp³-hybridized carbons (Fsp3) is 0.105. The van der Waals surface area contributed by atoms with Crippen molar-refractivity contribution in [1.82, 2.24) is 19.3 Å². The average molecular weight is 401 g/mol. The molecular formula is C19H14Cl2N4O2. The summed E-state index contributed by atoms with van der Waals surface area (Å²) in [7, 11) is 0. The van der Waals surface area contributed by atoms with Gasteiger partial charge < -0.3 is 4.74 Å². The smallest absolute Gasteiger partial charge is 0.264 e. The molecule has 0 saturated heterocycles. The number of benzene rings is 2. The number of hydrogen-bond acceptors (Lipinski definition) is 4. The highest BCUT2D eigenvalue weighted by atomic mass is 35.5. The van der Waals surface area contributed by atoms with E-state index in [0.29, 0.717) is 33.4 Å². The van der Waals surface area contributed by atoms with Gasteiger partial charge in [0, 0.05) is 0 Å². The maximum absolute atomic E-state index is 12.7. The number of hydrogen-bond donors (Lipinski definition) is 0. The molecule has 136 valence electrons. The lowest BCUT2D eigenvalue weighted by Crippen LogP contribution is -2.23. The molecule has 2 aromatic heterocycles. The molecule has 0 aliphatic carbocycles. The first-order chi connectivity index (χ1) is 13.1. The Morgan fingerprint density at radius 2 is 1.74 bits per heavy atom. The summed E-state index contributed by atoms with van der Waals surface area (Å²) in [5.41, 5.74) is 1.17.